The maximum atomic E-state index is 12.3. The highest BCUT2D eigenvalue weighted by molar-refractivity contribution is 6.28. The quantitative estimate of drug-likeness (QED) is 0.742. The highest BCUT2D eigenvalue weighted by atomic mass is 35.5. The van der Waals surface area contributed by atoms with Gasteiger partial charge in [0.15, 0.2) is 5.65 Å². The zero-order valence-corrected chi connectivity index (χ0v) is 11.2. The Kier molecular flexibility index (Phi) is 2.89. The molecule has 0 unspecified atom stereocenters. The molecular formula is C12H13ClN4O2. The molecule has 0 atom stereocenters. The Morgan fingerprint density at radius 2 is 2.00 bits per heavy atom. The molecule has 2 aromatic rings. The predicted molar refractivity (Wildman–Crippen MR) is 70.3 cm³/mol. The van der Waals surface area contributed by atoms with Crippen LogP contribution in [0.5, 0.6) is 0 Å². The van der Waals surface area contributed by atoms with Gasteiger partial charge in [-0.2, -0.15) is 4.98 Å². The normalized spacial score (nSPS) is 17.3. The Morgan fingerprint density at radius 3 is 2.68 bits per heavy atom. The number of nitrogens with zero attached hydrogens (tertiary/aromatic N) is 4. The van der Waals surface area contributed by atoms with E-state index in [1.54, 1.807) is 17.8 Å². The minimum atomic E-state index is -0.133. The van der Waals surface area contributed by atoms with Crippen molar-refractivity contribution in [2.45, 2.75) is 31.7 Å². The van der Waals surface area contributed by atoms with E-state index in [0.717, 1.165) is 0 Å². The van der Waals surface area contributed by atoms with E-state index in [1.165, 1.54) is 4.57 Å². The van der Waals surface area contributed by atoms with Crippen molar-refractivity contribution in [2.24, 2.45) is 7.05 Å². The topological polar surface area (TPSA) is 69.8 Å². The van der Waals surface area contributed by atoms with E-state index < -0.39 is 0 Å². The van der Waals surface area contributed by atoms with Gasteiger partial charge in [0, 0.05) is 25.9 Å². The van der Waals surface area contributed by atoms with Gasteiger partial charge >= 0.3 is 5.69 Å². The second-order valence-electron chi connectivity index (χ2n) is 4.83. The summed E-state index contributed by atoms with van der Waals surface area (Å²) >= 11 is 5.81. The summed E-state index contributed by atoms with van der Waals surface area (Å²) in [6.07, 6.45) is 3.95. The third-order valence-corrected chi connectivity index (χ3v) is 3.86. The molecule has 7 heteroatoms. The molecule has 0 aliphatic heterocycles. The van der Waals surface area contributed by atoms with Crippen LogP contribution in [0.2, 0.25) is 5.28 Å². The molecule has 1 fully saturated rings. The third-order valence-electron chi connectivity index (χ3n) is 3.68. The van der Waals surface area contributed by atoms with Gasteiger partial charge in [0.05, 0.1) is 6.20 Å². The van der Waals surface area contributed by atoms with Gasteiger partial charge in [-0.05, 0) is 24.4 Å². The van der Waals surface area contributed by atoms with Gasteiger partial charge in [-0.25, -0.2) is 9.78 Å². The first-order valence-electron chi connectivity index (χ1n) is 6.19. The number of aryl methyl sites for hydroxylation is 1. The van der Waals surface area contributed by atoms with Crippen LogP contribution in [-0.4, -0.2) is 24.9 Å². The lowest BCUT2D eigenvalue weighted by molar-refractivity contribution is -0.120. The fourth-order valence-corrected chi connectivity index (χ4v) is 2.76. The average Bonchev–Trinajstić information content (AvgIpc) is 2.63. The molecule has 0 radical (unpaired) electrons. The molecule has 1 saturated carbocycles. The number of Topliss-reactive ketones (excluding diaryl/α,β-unsaturated/α-hetero) is 1. The van der Waals surface area contributed by atoms with Crippen molar-refractivity contribution < 1.29 is 4.79 Å². The SMILES string of the molecule is Cn1c(=O)n(C2CCC(=O)CC2)c2nc(Cl)ncc21. The lowest BCUT2D eigenvalue weighted by Crippen LogP contribution is -2.29. The van der Waals surface area contributed by atoms with Gasteiger partial charge in [0.1, 0.15) is 11.3 Å². The third kappa shape index (κ3) is 1.96. The highest BCUT2D eigenvalue weighted by Crippen LogP contribution is 2.27. The minimum absolute atomic E-state index is 0.0138. The van der Waals surface area contributed by atoms with Crippen molar-refractivity contribution in [1.29, 1.82) is 0 Å². The molecule has 0 amide bonds. The Labute approximate surface area is 114 Å². The summed E-state index contributed by atoms with van der Waals surface area (Å²) in [6.45, 7) is 0. The van der Waals surface area contributed by atoms with E-state index in [2.05, 4.69) is 9.97 Å². The molecule has 19 heavy (non-hydrogen) atoms. The zero-order valence-electron chi connectivity index (χ0n) is 10.5. The summed E-state index contributed by atoms with van der Waals surface area (Å²) < 4.78 is 3.16. The molecule has 0 saturated heterocycles. The second-order valence-corrected chi connectivity index (χ2v) is 5.17. The van der Waals surface area contributed by atoms with Crippen LogP contribution in [-0.2, 0) is 11.8 Å². The van der Waals surface area contributed by atoms with Crippen LogP contribution in [0.15, 0.2) is 11.0 Å². The summed E-state index contributed by atoms with van der Waals surface area (Å²) in [6, 6.07) is 0.0138. The van der Waals surface area contributed by atoms with Gasteiger partial charge in [0.25, 0.3) is 0 Å². The van der Waals surface area contributed by atoms with Gasteiger partial charge in [-0.1, -0.05) is 0 Å². The average molecular weight is 281 g/mol. The maximum absolute atomic E-state index is 12.3. The molecule has 1 aliphatic carbocycles. The number of carbonyl (C=O) groups is 1. The monoisotopic (exact) mass is 280 g/mol. The molecule has 100 valence electrons. The van der Waals surface area contributed by atoms with Gasteiger partial charge in [0.2, 0.25) is 5.28 Å². The van der Waals surface area contributed by atoms with Crippen LogP contribution in [0, 0.1) is 0 Å². The van der Waals surface area contributed by atoms with E-state index in [4.69, 9.17) is 11.6 Å². The summed E-state index contributed by atoms with van der Waals surface area (Å²) in [7, 11) is 1.69. The number of hydrogen-bond acceptors (Lipinski definition) is 4. The highest BCUT2D eigenvalue weighted by Gasteiger charge is 2.25. The lowest BCUT2D eigenvalue weighted by atomic mass is 9.94. The van der Waals surface area contributed by atoms with Crippen molar-refractivity contribution in [3.63, 3.8) is 0 Å². The fraction of sp³-hybridized carbons (Fsp3) is 0.500. The van der Waals surface area contributed by atoms with Crippen LogP contribution in [0.3, 0.4) is 0 Å². The fourth-order valence-electron chi connectivity index (χ4n) is 2.63. The Hall–Kier alpha value is -1.69. The Morgan fingerprint density at radius 1 is 1.32 bits per heavy atom. The molecule has 3 rings (SSSR count). The zero-order chi connectivity index (χ0) is 13.6. The number of ketones is 1. The number of aromatic nitrogens is 4. The lowest BCUT2D eigenvalue weighted by Gasteiger charge is -2.21. The summed E-state index contributed by atoms with van der Waals surface area (Å²) in [4.78, 5) is 31.7. The van der Waals surface area contributed by atoms with E-state index >= 15 is 0 Å². The van der Waals surface area contributed by atoms with Crippen LogP contribution in [0.4, 0.5) is 0 Å². The van der Waals surface area contributed by atoms with Crippen molar-refractivity contribution in [1.82, 2.24) is 19.1 Å². The second kappa shape index (κ2) is 4.45. The molecule has 0 bridgehead atoms. The molecular weight excluding hydrogens is 268 g/mol. The van der Waals surface area contributed by atoms with Crippen LogP contribution in [0.1, 0.15) is 31.7 Å². The maximum Gasteiger partial charge on any atom is 0.330 e. The molecule has 0 aromatic carbocycles. The summed E-state index contributed by atoms with van der Waals surface area (Å²) in [5.41, 5.74) is 1.07. The number of fused-ring (bicyclic) bond motifs is 1. The Bertz CT molecular complexity index is 708. The standard InChI is InChI=1S/C12H13ClN4O2/c1-16-9-6-14-11(13)15-10(9)17(12(16)19)7-2-4-8(18)5-3-7/h6-7H,2-5H2,1H3. The van der Waals surface area contributed by atoms with E-state index in [1.807, 2.05) is 0 Å². The van der Waals surface area contributed by atoms with Crippen molar-refractivity contribution in [3.05, 3.63) is 22.0 Å². The largest absolute Gasteiger partial charge is 0.330 e. The number of halogens is 1. The van der Waals surface area contributed by atoms with Gasteiger partial charge in [-0.15, -0.1) is 0 Å². The van der Waals surface area contributed by atoms with E-state index in [0.29, 0.717) is 36.8 Å². The summed E-state index contributed by atoms with van der Waals surface area (Å²) in [5.74, 6) is 0.261. The number of rotatable bonds is 1. The van der Waals surface area contributed by atoms with Gasteiger partial charge < -0.3 is 0 Å². The molecule has 2 heterocycles. The van der Waals surface area contributed by atoms with E-state index in [-0.39, 0.29) is 22.8 Å². The van der Waals surface area contributed by atoms with Crippen molar-refractivity contribution in [2.75, 3.05) is 0 Å². The molecule has 6 nitrogen and oxygen atoms in total. The molecule has 1 aliphatic rings. The number of imidazole rings is 1. The number of carbonyl (C=O) groups excluding carboxylic acids is 1. The molecule has 2 aromatic heterocycles. The summed E-state index contributed by atoms with van der Waals surface area (Å²) in [5, 5.41) is 0.124. The van der Waals surface area contributed by atoms with Crippen LogP contribution < -0.4 is 5.69 Å². The van der Waals surface area contributed by atoms with Gasteiger partial charge in [-0.3, -0.25) is 13.9 Å². The number of hydrogen-bond donors (Lipinski definition) is 0. The van der Waals surface area contributed by atoms with Crippen LogP contribution >= 0.6 is 11.6 Å². The first-order valence-corrected chi connectivity index (χ1v) is 6.57. The first kappa shape index (κ1) is 12.3. The van der Waals surface area contributed by atoms with Crippen LogP contribution in [0.25, 0.3) is 11.2 Å². The molecule has 0 N–H and O–H groups in total. The molecule has 0 spiro atoms. The minimum Gasteiger partial charge on any atom is -0.300 e. The van der Waals surface area contributed by atoms with Crippen molar-refractivity contribution in [3.8, 4) is 0 Å². The smallest absolute Gasteiger partial charge is 0.300 e. The first-order chi connectivity index (χ1) is 9.08. The van der Waals surface area contributed by atoms with Crippen molar-refractivity contribution >= 4 is 28.5 Å². The predicted octanol–water partition coefficient (Wildman–Crippen LogP) is 1.47. The Balaban J connectivity index is 2.17. The van der Waals surface area contributed by atoms with E-state index in [9.17, 15) is 9.59 Å².